The predicted octanol–water partition coefficient (Wildman–Crippen LogP) is 3.03. The lowest BCUT2D eigenvalue weighted by Gasteiger charge is -2.29. The first-order valence-electron chi connectivity index (χ1n) is 8.14. The fraction of sp³-hybridized carbons (Fsp3) is 0.500. The number of fused-ring (bicyclic) bond motifs is 1. The van der Waals surface area contributed by atoms with Crippen molar-refractivity contribution in [1.29, 1.82) is 0 Å². The Bertz CT molecular complexity index is 671. The quantitative estimate of drug-likeness (QED) is 0.786. The van der Waals surface area contributed by atoms with Gasteiger partial charge in [0.05, 0.1) is 18.7 Å². The molecule has 0 spiro atoms. The van der Waals surface area contributed by atoms with Gasteiger partial charge in [-0.15, -0.1) is 11.8 Å². The van der Waals surface area contributed by atoms with Crippen molar-refractivity contribution in [1.82, 2.24) is 9.88 Å². The number of hydrogen-bond acceptors (Lipinski definition) is 5. The van der Waals surface area contributed by atoms with Gasteiger partial charge in [0.15, 0.2) is 0 Å². The minimum absolute atomic E-state index is 0.856. The fourth-order valence-electron chi connectivity index (χ4n) is 2.92. The predicted molar refractivity (Wildman–Crippen MR) is 98.8 cm³/mol. The van der Waals surface area contributed by atoms with Crippen LogP contribution in [-0.4, -0.2) is 62.6 Å². The SMILES string of the molecule is CSc1ccc2c(C)cc(N(C)CCN3CCOCC3)nc2c1. The molecule has 124 valence electrons. The third-order valence-electron chi connectivity index (χ3n) is 4.46. The number of likely N-dealkylation sites (N-methyl/N-ethyl adjacent to an activating group) is 1. The Balaban J connectivity index is 1.75. The number of thioether (sulfide) groups is 1. The van der Waals surface area contributed by atoms with E-state index < -0.39 is 0 Å². The summed E-state index contributed by atoms with van der Waals surface area (Å²) >= 11 is 1.76. The van der Waals surface area contributed by atoms with Gasteiger partial charge in [-0.25, -0.2) is 4.98 Å². The van der Waals surface area contributed by atoms with Gasteiger partial charge < -0.3 is 9.64 Å². The first-order chi connectivity index (χ1) is 11.2. The summed E-state index contributed by atoms with van der Waals surface area (Å²) < 4.78 is 5.41. The molecule has 4 nitrogen and oxygen atoms in total. The number of anilines is 1. The molecule has 0 bridgehead atoms. The van der Waals surface area contributed by atoms with Crippen LogP contribution in [0, 0.1) is 6.92 Å². The Kier molecular flexibility index (Phi) is 5.41. The zero-order valence-electron chi connectivity index (χ0n) is 14.2. The second-order valence-electron chi connectivity index (χ2n) is 6.06. The molecule has 0 amide bonds. The molecule has 1 aromatic carbocycles. The molecule has 0 unspecified atom stereocenters. The number of pyridine rings is 1. The standard InChI is InChI=1S/C18H25N3OS/c1-14-12-18(19-17-13-15(23-3)4-5-16(14)17)20(2)6-7-21-8-10-22-11-9-21/h4-5,12-13H,6-11H2,1-3H3. The van der Waals surface area contributed by atoms with E-state index in [4.69, 9.17) is 9.72 Å². The van der Waals surface area contributed by atoms with Crippen LogP contribution < -0.4 is 4.90 Å². The lowest BCUT2D eigenvalue weighted by atomic mass is 10.1. The molecule has 1 saturated heterocycles. The third kappa shape index (κ3) is 3.97. The number of rotatable bonds is 5. The second-order valence-corrected chi connectivity index (χ2v) is 6.94. The van der Waals surface area contributed by atoms with E-state index in [0.29, 0.717) is 0 Å². The van der Waals surface area contributed by atoms with Crippen molar-refractivity contribution in [3.8, 4) is 0 Å². The summed E-state index contributed by atoms with van der Waals surface area (Å²) in [4.78, 5) is 10.9. The van der Waals surface area contributed by atoms with Gasteiger partial charge in [-0.05, 0) is 36.9 Å². The van der Waals surface area contributed by atoms with E-state index in [0.717, 1.165) is 50.7 Å². The molecule has 0 N–H and O–H groups in total. The van der Waals surface area contributed by atoms with Crippen LogP contribution in [0.1, 0.15) is 5.56 Å². The van der Waals surface area contributed by atoms with E-state index >= 15 is 0 Å². The molecular formula is C18H25N3OS. The van der Waals surface area contributed by atoms with Gasteiger partial charge in [-0.3, -0.25) is 4.90 Å². The molecule has 0 radical (unpaired) electrons. The minimum atomic E-state index is 0.856. The molecule has 2 heterocycles. The maximum atomic E-state index is 5.41. The molecule has 1 aliphatic heterocycles. The van der Waals surface area contributed by atoms with Gasteiger partial charge in [0.25, 0.3) is 0 Å². The number of aromatic nitrogens is 1. The smallest absolute Gasteiger partial charge is 0.129 e. The molecule has 2 aromatic rings. The third-order valence-corrected chi connectivity index (χ3v) is 5.18. The average Bonchev–Trinajstić information content (AvgIpc) is 2.60. The topological polar surface area (TPSA) is 28.6 Å². The largest absolute Gasteiger partial charge is 0.379 e. The van der Waals surface area contributed by atoms with Crippen LogP contribution in [0.2, 0.25) is 0 Å². The highest BCUT2D eigenvalue weighted by atomic mass is 32.2. The second kappa shape index (κ2) is 7.51. The van der Waals surface area contributed by atoms with Crippen LogP contribution in [-0.2, 0) is 4.74 Å². The highest BCUT2D eigenvalue weighted by Gasteiger charge is 2.12. The Hall–Kier alpha value is -1.30. The summed E-state index contributed by atoms with van der Waals surface area (Å²) in [6.07, 6.45) is 2.10. The highest BCUT2D eigenvalue weighted by molar-refractivity contribution is 7.98. The van der Waals surface area contributed by atoms with E-state index in [9.17, 15) is 0 Å². The summed E-state index contributed by atoms with van der Waals surface area (Å²) in [5, 5.41) is 1.24. The van der Waals surface area contributed by atoms with Gasteiger partial charge in [-0.1, -0.05) is 6.07 Å². The number of aryl methyl sites for hydroxylation is 1. The Labute approximate surface area is 142 Å². The number of morpholine rings is 1. The van der Waals surface area contributed by atoms with Crippen LogP contribution in [0.4, 0.5) is 5.82 Å². The summed E-state index contributed by atoms with van der Waals surface area (Å²) in [5.74, 6) is 1.06. The van der Waals surface area contributed by atoms with Crippen molar-refractivity contribution in [2.45, 2.75) is 11.8 Å². The molecule has 0 saturated carbocycles. The molecule has 1 aromatic heterocycles. The van der Waals surface area contributed by atoms with E-state index in [1.54, 1.807) is 11.8 Å². The highest BCUT2D eigenvalue weighted by Crippen LogP contribution is 2.26. The van der Waals surface area contributed by atoms with E-state index in [-0.39, 0.29) is 0 Å². The van der Waals surface area contributed by atoms with Crippen molar-refractivity contribution in [3.63, 3.8) is 0 Å². The molecule has 0 aliphatic carbocycles. The Morgan fingerprint density at radius 2 is 2.04 bits per heavy atom. The van der Waals surface area contributed by atoms with E-state index in [1.807, 2.05) is 0 Å². The van der Waals surface area contributed by atoms with Crippen LogP contribution in [0.25, 0.3) is 10.9 Å². The zero-order valence-corrected chi connectivity index (χ0v) is 15.0. The number of ether oxygens (including phenoxy) is 1. The van der Waals surface area contributed by atoms with Gasteiger partial charge in [0.2, 0.25) is 0 Å². The fourth-order valence-corrected chi connectivity index (χ4v) is 3.35. The lowest BCUT2D eigenvalue weighted by Crippen LogP contribution is -2.40. The number of benzene rings is 1. The molecule has 23 heavy (non-hydrogen) atoms. The molecular weight excluding hydrogens is 306 g/mol. The van der Waals surface area contributed by atoms with Gasteiger partial charge in [0, 0.05) is 43.5 Å². The lowest BCUT2D eigenvalue weighted by molar-refractivity contribution is 0.0393. The maximum absolute atomic E-state index is 5.41. The number of hydrogen-bond donors (Lipinski definition) is 0. The zero-order chi connectivity index (χ0) is 16.2. The first kappa shape index (κ1) is 16.6. The maximum Gasteiger partial charge on any atom is 0.129 e. The van der Waals surface area contributed by atoms with Crippen molar-refractivity contribution in [2.75, 3.05) is 57.6 Å². The van der Waals surface area contributed by atoms with Crippen molar-refractivity contribution >= 4 is 28.5 Å². The van der Waals surface area contributed by atoms with E-state index in [2.05, 4.69) is 54.3 Å². The Morgan fingerprint density at radius 3 is 2.78 bits per heavy atom. The summed E-state index contributed by atoms with van der Waals surface area (Å²) in [6, 6.07) is 8.73. The van der Waals surface area contributed by atoms with Crippen molar-refractivity contribution in [3.05, 3.63) is 29.8 Å². The molecule has 1 fully saturated rings. The van der Waals surface area contributed by atoms with Gasteiger partial charge in [-0.2, -0.15) is 0 Å². The molecule has 5 heteroatoms. The molecule has 3 rings (SSSR count). The van der Waals surface area contributed by atoms with Gasteiger partial charge in [0.1, 0.15) is 5.82 Å². The normalized spacial score (nSPS) is 16.0. The van der Waals surface area contributed by atoms with Crippen LogP contribution in [0.5, 0.6) is 0 Å². The summed E-state index contributed by atoms with van der Waals surface area (Å²) in [5.41, 5.74) is 2.38. The van der Waals surface area contributed by atoms with Crippen LogP contribution in [0.3, 0.4) is 0 Å². The van der Waals surface area contributed by atoms with Crippen LogP contribution in [0.15, 0.2) is 29.2 Å². The summed E-state index contributed by atoms with van der Waals surface area (Å²) in [6.45, 7) is 8.00. The number of nitrogens with zero attached hydrogens (tertiary/aromatic N) is 3. The Morgan fingerprint density at radius 1 is 1.26 bits per heavy atom. The molecule has 1 aliphatic rings. The van der Waals surface area contributed by atoms with E-state index in [1.165, 1.54) is 15.8 Å². The van der Waals surface area contributed by atoms with Gasteiger partial charge >= 0.3 is 0 Å². The molecule has 0 atom stereocenters. The monoisotopic (exact) mass is 331 g/mol. The minimum Gasteiger partial charge on any atom is -0.379 e. The van der Waals surface area contributed by atoms with Crippen molar-refractivity contribution in [2.24, 2.45) is 0 Å². The average molecular weight is 331 g/mol. The summed E-state index contributed by atoms with van der Waals surface area (Å²) in [7, 11) is 2.13. The van der Waals surface area contributed by atoms with Crippen LogP contribution >= 0.6 is 11.8 Å². The van der Waals surface area contributed by atoms with Crippen molar-refractivity contribution < 1.29 is 4.74 Å². The first-order valence-corrected chi connectivity index (χ1v) is 9.36.